The molecule has 0 saturated carbocycles. The van der Waals surface area contributed by atoms with Gasteiger partial charge in [0.05, 0.1) is 5.92 Å². The van der Waals surface area contributed by atoms with Gasteiger partial charge in [0.1, 0.15) is 18.3 Å². The lowest BCUT2D eigenvalue weighted by atomic mass is 9.85. The molecule has 2 bridgehead atoms. The maximum absolute atomic E-state index is 12.1. The summed E-state index contributed by atoms with van der Waals surface area (Å²) in [6.45, 7) is 10.8. The van der Waals surface area contributed by atoms with Crippen LogP contribution in [0.3, 0.4) is 0 Å². The highest BCUT2D eigenvalue weighted by molar-refractivity contribution is 5.93. The van der Waals surface area contributed by atoms with Crippen LogP contribution in [-0.4, -0.2) is 36.2 Å². The number of esters is 3. The van der Waals surface area contributed by atoms with Crippen LogP contribution in [0.5, 0.6) is 0 Å². The van der Waals surface area contributed by atoms with Crippen molar-refractivity contribution in [2.75, 3.05) is 0 Å². The van der Waals surface area contributed by atoms with Gasteiger partial charge in [-0.1, -0.05) is 18.7 Å². The summed E-state index contributed by atoms with van der Waals surface area (Å²) in [6, 6.07) is 0. The molecule has 1 aliphatic carbocycles. The normalized spacial score (nSPS) is 33.4. The van der Waals surface area contributed by atoms with Crippen molar-refractivity contribution < 1.29 is 28.6 Å². The molecule has 3 rings (SSSR count). The first-order valence-corrected chi connectivity index (χ1v) is 8.11. The molecule has 1 saturated heterocycles. The van der Waals surface area contributed by atoms with Crippen LogP contribution < -0.4 is 0 Å². The summed E-state index contributed by atoms with van der Waals surface area (Å²) in [7, 11) is 0. The Morgan fingerprint density at radius 3 is 2.60 bits per heavy atom. The fourth-order valence-electron chi connectivity index (χ4n) is 3.33. The molecule has 2 heterocycles. The second-order valence-electron chi connectivity index (χ2n) is 6.70. The molecular weight excluding hydrogens is 324 g/mol. The van der Waals surface area contributed by atoms with E-state index in [4.69, 9.17) is 14.2 Å². The maximum Gasteiger partial charge on any atom is 0.334 e. The van der Waals surface area contributed by atoms with Gasteiger partial charge in [-0.25, -0.2) is 14.4 Å². The van der Waals surface area contributed by atoms with E-state index in [2.05, 4.69) is 13.2 Å². The monoisotopic (exact) mass is 344 g/mol. The van der Waals surface area contributed by atoms with E-state index in [1.807, 2.05) is 13.0 Å². The standard InChI is InChI=1S/C19H20O6/c1-9(2)17(20)24-15-8-12-7-13(23-19(12)22)5-10(3)6-14-16(15)11(4)18(21)25-14/h6-7,13-16H,1,4-5,8H2,2-3H3/b10-6-/t13-,14+,15-,16?/m0/s1. The topological polar surface area (TPSA) is 78.9 Å². The Morgan fingerprint density at radius 1 is 1.20 bits per heavy atom. The summed E-state index contributed by atoms with van der Waals surface area (Å²) in [5.74, 6) is -2.09. The van der Waals surface area contributed by atoms with Gasteiger partial charge in [-0.15, -0.1) is 0 Å². The second kappa shape index (κ2) is 6.35. The van der Waals surface area contributed by atoms with Crippen molar-refractivity contribution in [2.45, 2.75) is 45.0 Å². The smallest absolute Gasteiger partial charge is 0.334 e. The zero-order chi connectivity index (χ0) is 18.3. The van der Waals surface area contributed by atoms with E-state index in [-0.39, 0.29) is 23.7 Å². The highest BCUT2D eigenvalue weighted by Crippen LogP contribution is 2.38. The van der Waals surface area contributed by atoms with E-state index in [1.54, 1.807) is 6.08 Å². The molecule has 4 atom stereocenters. The third kappa shape index (κ3) is 3.29. The molecule has 0 aromatic carbocycles. The van der Waals surface area contributed by atoms with Gasteiger partial charge in [0, 0.05) is 29.6 Å². The van der Waals surface area contributed by atoms with Crippen LogP contribution in [0, 0.1) is 5.92 Å². The van der Waals surface area contributed by atoms with Crippen LogP contribution in [-0.2, 0) is 28.6 Å². The molecule has 0 aromatic heterocycles. The first kappa shape index (κ1) is 17.2. The number of hydrogen-bond acceptors (Lipinski definition) is 6. The third-order valence-corrected chi connectivity index (χ3v) is 4.57. The van der Waals surface area contributed by atoms with Crippen molar-refractivity contribution >= 4 is 17.9 Å². The van der Waals surface area contributed by atoms with Crippen molar-refractivity contribution in [3.63, 3.8) is 0 Å². The van der Waals surface area contributed by atoms with Crippen LogP contribution in [0.4, 0.5) is 0 Å². The number of carbonyl (C=O) groups excluding carboxylic acids is 3. The molecule has 0 amide bonds. The Bertz CT molecular complexity index is 741. The largest absolute Gasteiger partial charge is 0.458 e. The van der Waals surface area contributed by atoms with Crippen LogP contribution in [0.2, 0.25) is 0 Å². The summed E-state index contributed by atoms with van der Waals surface area (Å²) in [4.78, 5) is 36.2. The average Bonchev–Trinajstić information content (AvgIpc) is 2.98. The van der Waals surface area contributed by atoms with Gasteiger partial charge in [-0.3, -0.25) is 0 Å². The minimum Gasteiger partial charge on any atom is -0.458 e. The maximum atomic E-state index is 12.1. The van der Waals surface area contributed by atoms with Crippen molar-refractivity contribution in [1.29, 1.82) is 0 Å². The lowest BCUT2D eigenvalue weighted by Gasteiger charge is -2.26. The van der Waals surface area contributed by atoms with Crippen LogP contribution in [0.15, 0.2) is 47.6 Å². The van der Waals surface area contributed by atoms with E-state index >= 15 is 0 Å². The van der Waals surface area contributed by atoms with Crippen molar-refractivity contribution in [3.8, 4) is 0 Å². The van der Waals surface area contributed by atoms with Gasteiger partial charge >= 0.3 is 17.9 Å². The van der Waals surface area contributed by atoms with Gasteiger partial charge in [-0.05, 0) is 26.0 Å². The minimum atomic E-state index is -0.771. The van der Waals surface area contributed by atoms with E-state index in [0.717, 1.165) is 5.57 Å². The molecule has 1 unspecified atom stereocenters. The van der Waals surface area contributed by atoms with E-state index in [0.29, 0.717) is 12.0 Å². The highest BCUT2D eigenvalue weighted by atomic mass is 16.6. The lowest BCUT2D eigenvalue weighted by Crippen LogP contribution is -2.34. The van der Waals surface area contributed by atoms with Gasteiger partial charge in [0.25, 0.3) is 0 Å². The molecule has 6 nitrogen and oxygen atoms in total. The average molecular weight is 344 g/mol. The lowest BCUT2D eigenvalue weighted by molar-refractivity contribution is -0.148. The molecule has 6 heteroatoms. The minimum absolute atomic E-state index is 0.137. The summed E-state index contributed by atoms with van der Waals surface area (Å²) in [5.41, 5.74) is 1.82. The van der Waals surface area contributed by atoms with Crippen LogP contribution in [0.25, 0.3) is 0 Å². The predicted octanol–water partition coefficient (Wildman–Crippen LogP) is 2.16. The number of ether oxygens (including phenoxy) is 3. The van der Waals surface area contributed by atoms with Gasteiger partial charge in [0.2, 0.25) is 0 Å². The number of fused-ring (bicyclic) bond motifs is 2. The molecule has 132 valence electrons. The summed E-state index contributed by atoms with van der Waals surface area (Å²) in [5, 5.41) is 0. The molecule has 25 heavy (non-hydrogen) atoms. The fourth-order valence-corrected chi connectivity index (χ4v) is 3.33. The van der Waals surface area contributed by atoms with Crippen molar-refractivity contribution in [1.82, 2.24) is 0 Å². The summed E-state index contributed by atoms with van der Waals surface area (Å²) < 4.78 is 16.3. The number of hydrogen-bond donors (Lipinski definition) is 0. The Morgan fingerprint density at radius 2 is 1.92 bits per heavy atom. The van der Waals surface area contributed by atoms with Gasteiger partial charge < -0.3 is 14.2 Å². The van der Waals surface area contributed by atoms with Crippen LogP contribution in [0.1, 0.15) is 26.7 Å². The fraction of sp³-hybridized carbons (Fsp3) is 0.421. The molecular formula is C19H20O6. The van der Waals surface area contributed by atoms with Gasteiger partial charge in [-0.2, -0.15) is 0 Å². The Hall–Kier alpha value is -2.63. The second-order valence-corrected chi connectivity index (χ2v) is 6.70. The molecule has 1 fully saturated rings. The van der Waals surface area contributed by atoms with E-state index in [9.17, 15) is 14.4 Å². The Kier molecular flexibility index (Phi) is 4.37. The number of rotatable bonds is 2. The molecule has 0 aromatic rings. The quantitative estimate of drug-likeness (QED) is 0.331. The SMILES string of the molecule is C=C(C)C(=O)O[C@H]1CC2=C[C@H](C/C(C)=C\[C@H]3OC(=O)C(=C)C13)OC2=O. The van der Waals surface area contributed by atoms with Gasteiger partial charge in [0.15, 0.2) is 0 Å². The zero-order valence-electron chi connectivity index (χ0n) is 14.2. The zero-order valence-corrected chi connectivity index (χ0v) is 14.2. The Labute approximate surface area is 145 Å². The molecule has 2 aliphatic heterocycles. The third-order valence-electron chi connectivity index (χ3n) is 4.57. The molecule has 0 radical (unpaired) electrons. The molecule has 3 aliphatic rings. The first-order valence-electron chi connectivity index (χ1n) is 8.11. The Balaban J connectivity index is 2.01. The van der Waals surface area contributed by atoms with E-state index in [1.165, 1.54) is 6.92 Å². The summed E-state index contributed by atoms with van der Waals surface area (Å²) in [6.07, 6.45) is 2.52. The first-order chi connectivity index (χ1) is 11.8. The van der Waals surface area contributed by atoms with Crippen molar-refractivity contribution in [2.24, 2.45) is 5.92 Å². The number of carbonyl (C=O) groups is 3. The predicted molar refractivity (Wildman–Crippen MR) is 88.2 cm³/mol. The van der Waals surface area contributed by atoms with E-state index < -0.39 is 36.0 Å². The van der Waals surface area contributed by atoms with Crippen LogP contribution >= 0.6 is 0 Å². The highest BCUT2D eigenvalue weighted by Gasteiger charge is 2.46. The summed E-state index contributed by atoms with van der Waals surface area (Å²) >= 11 is 0. The molecule has 0 spiro atoms. The molecule has 0 N–H and O–H groups in total. The van der Waals surface area contributed by atoms with Crippen molar-refractivity contribution in [3.05, 3.63) is 47.6 Å².